The Hall–Kier alpha value is -0.650. The molecular formula is C12H24N2O3. The van der Waals surface area contributed by atoms with Gasteiger partial charge in [-0.3, -0.25) is 4.79 Å². The molecule has 1 atom stereocenters. The zero-order chi connectivity index (χ0) is 12.7. The molecule has 0 aromatic rings. The summed E-state index contributed by atoms with van der Waals surface area (Å²) in [6.07, 6.45) is 2.37. The number of hydrogen-bond acceptors (Lipinski definition) is 5. The monoisotopic (exact) mass is 244 g/mol. The Morgan fingerprint density at radius 3 is 2.82 bits per heavy atom. The molecule has 1 aliphatic rings. The first kappa shape index (κ1) is 14.4. The highest BCUT2D eigenvalue weighted by atomic mass is 16.5. The van der Waals surface area contributed by atoms with Crippen molar-refractivity contribution in [1.82, 2.24) is 10.2 Å². The van der Waals surface area contributed by atoms with Gasteiger partial charge in [-0.15, -0.1) is 0 Å². The van der Waals surface area contributed by atoms with E-state index in [0.717, 1.165) is 32.5 Å². The highest BCUT2D eigenvalue weighted by Crippen LogP contribution is 2.22. The summed E-state index contributed by atoms with van der Waals surface area (Å²) >= 11 is 0. The van der Waals surface area contributed by atoms with Crippen molar-refractivity contribution < 1.29 is 14.3 Å². The van der Waals surface area contributed by atoms with E-state index in [2.05, 4.69) is 10.2 Å². The van der Waals surface area contributed by atoms with Crippen molar-refractivity contribution in [1.29, 1.82) is 0 Å². The maximum Gasteiger partial charge on any atom is 0.326 e. The van der Waals surface area contributed by atoms with E-state index in [1.54, 1.807) is 0 Å². The summed E-state index contributed by atoms with van der Waals surface area (Å²) in [6, 6.07) is 0. The van der Waals surface area contributed by atoms with Gasteiger partial charge in [0.2, 0.25) is 0 Å². The predicted molar refractivity (Wildman–Crippen MR) is 66.0 cm³/mol. The second kappa shape index (κ2) is 6.93. The molecule has 0 radical (unpaired) electrons. The average Bonchev–Trinajstić information content (AvgIpc) is 2.54. The first-order chi connectivity index (χ1) is 8.10. The second-order valence-corrected chi connectivity index (χ2v) is 4.77. The number of ether oxygens (including phenoxy) is 2. The van der Waals surface area contributed by atoms with Crippen molar-refractivity contribution in [2.45, 2.75) is 24.8 Å². The number of carbonyl (C=O) groups is 1. The fraction of sp³-hybridized carbons (Fsp3) is 0.917. The number of carbonyl (C=O) groups excluding carboxylic acids is 1. The van der Waals surface area contributed by atoms with Crippen molar-refractivity contribution in [3.05, 3.63) is 0 Å². The number of hydrogen-bond donors (Lipinski definition) is 1. The first-order valence-corrected chi connectivity index (χ1v) is 6.17. The standard InChI is InChI=1S/C12H24N2O3/c1-14(2)8-7-13-12(11(15)16-3)5-4-9-17-10-6-12/h13H,4-10H2,1-3H3. The van der Waals surface area contributed by atoms with Gasteiger partial charge >= 0.3 is 5.97 Å². The van der Waals surface area contributed by atoms with Crippen LogP contribution in [0.4, 0.5) is 0 Å². The molecule has 0 amide bonds. The molecule has 5 nitrogen and oxygen atoms in total. The summed E-state index contributed by atoms with van der Waals surface area (Å²) in [5.41, 5.74) is -0.554. The van der Waals surface area contributed by atoms with Crippen molar-refractivity contribution in [3.63, 3.8) is 0 Å². The van der Waals surface area contributed by atoms with E-state index in [9.17, 15) is 4.79 Å². The van der Waals surface area contributed by atoms with Crippen LogP contribution < -0.4 is 5.32 Å². The molecule has 17 heavy (non-hydrogen) atoms. The summed E-state index contributed by atoms with van der Waals surface area (Å²) in [6.45, 7) is 3.03. The van der Waals surface area contributed by atoms with E-state index < -0.39 is 5.54 Å². The minimum Gasteiger partial charge on any atom is -0.468 e. The van der Waals surface area contributed by atoms with Crippen LogP contribution in [0.25, 0.3) is 0 Å². The van der Waals surface area contributed by atoms with Crippen molar-refractivity contribution in [2.24, 2.45) is 0 Å². The second-order valence-electron chi connectivity index (χ2n) is 4.77. The Labute approximate surface area is 103 Å². The van der Waals surface area contributed by atoms with Gasteiger partial charge in [0.1, 0.15) is 5.54 Å². The van der Waals surface area contributed by atoms with E-state index in [1.165, 1.54) is 7.11 Å². The number of nitrogens with zero attached hydrogens (tertiary/aromatic N) is 1. The quantitative estimate of drug-likeness (QED) is 0.703. The lowest BCUT2D eigenvalue weighted by atomic mass is 9.90. The van der Waals surface area contributed by atoms with Crippen LogP contribution in [-0.4, -0.2) is 63.9 Å². The van der Waals surface area contributed by atoms with E-state index >= 15 is 0 Å². The average molecular weight is 244 g/mol. The Bertz CT molecular complexity index is 236. The summed E-state index contributed by atoms with van der Waals surface area (Å²) in [5, 5.41) is 3.36. The van der Waals surface area contributed by atoms with Crippen LogP contribution in [0, 0.1) is 0 Å². The normalized spacial score (nSPS) is 25.6. The fourth-order valence-electron chi connectivity index (χ4n) is 2.12. The minimum atomic E-state index is -0.554. The van der Waals surface area contributed by atoms with E-state index in [-0.39, 0.29) is 5.97 Å². The molecule has 0 aliphatic carbocycles. The molecule has 1 fully saturated rings. The number of nitrogens with one attached hydrogen (secondary N) is 1. The summed E-state index contributed by atoms with van der Waals surface area (Å²) in [7, 11) is 5.48. The third-order valence-corrected chi connectivity index (χ3v) is 3.16. The van der Waals surface area contributed by atoms with E-state index in [0.29, 0.717) is 13.0 Å². The van der Waals surface area contributed by atoms with Crippen molar-refractivity contribution in [2.75, 3.05) is 47.5 Å². The highest BCUT2D eigenvalue weighted by Gasteiger charge is 2.39. The van der Waals surface area contributed by atoms with Gasteiger partial charge in [0.15, 0.2) is 0 Å². The predicted octanol–water partition coefficient (Wildman–Crippen LogP) is 0.250. The zero-order valence-electron chi connectivity index (χ0n) is 11.1. The van der Waals surface area contributed by atoms with Crippen LogP contribution in [0.5, 0.6) is 0 Å². The van der Waals surface area contributed by atoms with Gasteiger partial charge in [0.25, 0.3) is 0 Å². The van der Waals surface area contributed by atoms with Crippen LogP contribution >= 0.6 is 0 Å². The molecule has 100 valence electrons. The molecule has 1 rings (SSSR count). The lowest BCUT2D eigenvalue weighted by Crippen LogP contribution is -2.54. The lowest BCUT2D eigenvalue weighted by Gasteiger charge is -2.31. The third-order valence-electron chi connectivity index (χ3n) is 3.16. The van der Waals surface area contributed by atoms with Crippen LogP contribution in [0.1, 0.15) is 19.3 Å². The maximum absolute atomic E-state index is 12.0. The molecular weight excluding hydrogens is 220 g/mol. The summed E-state index contributed by atoms with van der Waals surface area (Å²) in [4.78, 5) is 14.1. The SMILES string of the molecule is COC(=O)C1(NCCN(C)C)CCCOCC1. The molecule has 0 bridgehead atoms. The number of methoxy groups -OCH3 is 1. The minimum absolute atomic E-state index is 0.165. The van der Waals surface area contributed by atoms with Crippen LogP contribution in [0.2, 0.25) is 0 Å². The van der Waals surface area contributed by atoms with Gasteiger partial charge in [-0.05, 0) is 33.4 Å². The topological polar surface area (TPSA) is 50.8 Å². The molecule has 1 saturated heterocycles. The summed E-state index contributed by atoms with van der Waals surface area (Å²) in [5.74, 6) is -0.165. The Morgan fingerprint density at radius 1 is 1.41 bits per heavy atom. The van der Waals surface area contributed by atoms with Gasteiger partial charge in [-0.25, -0.2) is 0 Å². The van der Waals surface area contributed by atoms with E-state index in [1.807, 2.05) is 14.1 Å². The van der Waals surface area contributed by atoms with E-state index in [4.69, 9.17) is 9.47 Å². The molecule has 0 aromatic heterocycles. The molecule has 0 saturated carbocycles. The van der Waals surface area contributed by atoms with Gasteiger partial charge in [0, 0.05) is 26.3 Å². The van der Waals surface area contributed by atoms with Gasteiger partial charge in [0.05, 0.1) is 7.11 Å². The zero-order valence-corrected chi connectivity index (χ0v) is 11.1. The Morgan fingerprint density at radius 2 is 2.18 bits per heavy atom. The molecule has 0 aromatic carbocycles. The van der Waals surface area contributed by atoms with Crippen LogP contribution in [0.3, 0.4) is 0 Å². The molecule has 5 heteroatoms. The first-order valence-electron chi connectivity index (χ1n) is 6.17. The molecule has 1 heterocycles. The van der Waals surface area contributed by atoms with Gasteiger partial charge in [-0.2, -0.15) is 0 Å². The number of esters is 1. The lowest BCUT2D eigenvalue weighted by molar-refractivity contribution is -0.149. The summed E-state index contributed by atoms with van der Waals surface area (Å²) < 4.78 is 10.3. The third kappa shape index (κ3) is 4.26. The maximum atomic E-state index is 12.0. The molecule has 0 spiro atoms. The molecule has 1 N–H and O–H groups in total. The highest BCUT2D eigenvalue weighted by molar-refractivity contribution is 5.80. The molecule has 1 unspecified atom stereocenters. The van der Waals surface area contributed by atoms with Gasteiger partial charge in [-0.1, -0.05) is 0 Å². The van der Waals surface area contributed by atoms with Crippen LogP contribution in [-0.2, 0) is 14.3 Å². The van der Waals surface area contributed by atoms with Crippen LogP contribution in [0.15, 0.2) is 0 Å². The smallest absolute Gasteiger partial charge is 0.326 e. The molecule has 1 aliphatic heterocycles. The Kier molecular flexibility index (Phi) is 5.88. The largest absolute Gasteiger partial charge is 0.468 e. The Balaban J connectivity index is 2.60. The van der Waals surface area contributed by atoms with Crippen molar-refractivity contribution in [3.8, 4) is 0 Å². The number of rotatable bonds is 5. The number of likely N-dealkylation sites (N-methyl/N-ethyl adjacent to an activating group) is 1. The van der Waals surface area contributed by atoms with Gasteiger partial charge < -0.3 is 19.7 Å². The fourth-order valence-corrected chi connectivity index (χ4v) is 2.12. The van der Waals surface area contributed by atoms with Crippen molar-refractivity contribution >= 4 is 5.97 Å².